The Morgan fingerprint density at radius 2 is 1.88 bits per heavy atom. The van der Waals surface area contributed by atoms with E-state index in [9.17, 15) is 12.8 Å². The molecule has 130 valence electrons. The van der Waals surface area contributed by atoms with Gasteiger partial charge in [-0.15, -0.1) is 0 Å². The molecule has 3 aromatic rings. The standard InChI is InChI=1S/C18H16ClFN2O2S/c19-12-1-6-17-15(9-12)16(10-21-17)18(7-8-18)11-22-25(23,24)14-4-2-13(20)3-5-14/h1-6,9-10,21-22H,7-8,11H2. The van der Waals surface area contributed by atoms with Gasteiger partial charge in [0, 0.05) is 34.1 Å². The zero-order chi connectivity index (χ0) is 17.7. The lowest BCUT2D eigenvalue weighted by Crippen LogP contribution is -2.32. The van der Waals surface area contributed by atoms with Crippen LogP contribution in [-0.2, 0) is 15.4 Å². The van der Waals surface area contributed by atoms with E-state index in [1.807, 2.05) is 24.4 Å². The van der Waals surface area contributed by atoms with Crippen LogP contribution in [0.15, 0.2) is 53.6 Å². The number of hydrogen-bond donors (Lipinski definition) is 2. The molecule has 1 fully saturated rings. The number of fused-ring (bicyclic) bond motifs is 1. The Balaban J connectivity index is 1.59. The average molecular weight is 379 g/mol. The minimum Gasteiger partial charge on any atom is -0.361 e. The van der Waals surface area contributed by atoms with E-state index in [2.05, 4.69) is 9.71 Å². The second-order valence-electron chi connectivity index (χ2n) is 6.45. The van der Waals surface area contributed by atoms with Gasteiger partial charge in [-0.1, -0.05) is 11.6 Å². The molecule has 1 heterocycles. The van der Waals surface area contributed by atoms with Crippen LogP contribution in [0.25, 0.3) is 10.9 Å². The van der Waals surface area contributed by atoms with E-state index < -0.39 is 15.8 Å². The molecule has 1 aromatic heterocycles. The summed E-state index contributed by atoms with van der Waals surface area (Å²) in [6.45, 7) is 0.298. The molecule has 1 saturated carbocycles. The molecule has 0 spiro atoms. The summed E-state index contributed by atoms with van der Waals surface area (Å²) in [6.07, 6.45) is 3.73. The molecule has 25 heavy (non-hydrogen) atoms. The van der Waals surface area contributed by atoms with Crippen molar-refractivity contribution in [1.29, 1.82) is 0 Å². The van der Waals surface area contributed by atoms with Crippen molar-refractivity contribution in [2.24, 2.45) is 0 Å². The highest BCUT2D eigenvalue weighted by Gasteiger charge is 2.46. The van der Waals surface area contributed by atoms with Crippen LogP contribution in [0.4, 0.5) is 4.39 Å². The fraction of sp³-hybridized carbons (Fsp3) is 0.222. The molecule has 0 saturated heterocycles. The van der Waals surface area contributed by atoms with Crippen molar-refractivity contribution < 1.29 is 12.8 Å². The summed E-state index contributed by atoms with van der Waals surface area (Å²) < 4.78 is 40.6. The summed E-state index contributed by atoms with van der Waals surface area (Å²) in [4.78, 5) is 3.28. The molecular formula is C18H16ClFN2O2S. The number of H-pyrrole nitrogens is 1. The normalized spacial score (nSPS) is 16.2. The van der Waals surface area contributed by atoms with Gasteiger partial charge >= 0.3 is 0 Å². The van der Waals surface area contributed by atoms with Crippen molar-refractivity contribution in [1.82, 2.24) is 9.71 Å². The highest BCUT2D eigenvalue weighted by atomic mass is 35.5. The van der Waals surface area contributed by atoms with Crippen LogP contribution in [0.3, 0.4) is 0 Å². The number of halogens is 2. The highest BCUT2D eigenvalue weighted by Crippen LogP contribution is 2.50. The lowest BCUT2D eigenvalue weighted by Gasteiger charge is -2.16. The number of aromatic amines is 1. The maximum absolute atomic E-state index is 13.0. The maximum atomic E-state index is 13.0. The van der Waals surface area contributed by atoms with Gasteiger partial charge in [-0.25, -0.2) is 17.5 Å². The lowest BCUT2D eigenvalue weighted by atomic mass is 9.96. The zero-order valence-corrected chi connectivity index (χ0v) is 14.8. The Morgan fingerprint density at radius 1 is 1.16 bits per heavy atom. The molecule has 1 aliphatic carbocycles. The van der Waals surface area contributed by atoms with Crippen molar-refractivity contribution in [3.63, 3.8) is 0 Å². The molecule has 2 N–H and O–H groups in total. The summed E-state index contributed by atoms with van der Waals surface area (Å²) in [7, 11) is -3.68. The number of aromatic nitrogens is 1. The molecule has 1 aliphatic rings. The number of nitrogens with one attached hydrogen (secondary N) is 2. The summed E-state index contributed by atoms with van der Waals surface area (Å²) >= 11 is 6.10. The van der Waals surface area contributed by atoms with Crippen molar-refractivity contribution in [2.45, 2.75) is 23.2 Å². The van der Waals surface area contributed by atoms with Gasteiger partial charge in [-0.3, -0.25) is 0 Å². The van der Waals surface area contributed by atoms with Crippen LogP contribution >= 0.6 is 11.6 Å². The molecule has 4 nitrogen and oxygen atoms in total. The van der Waals surface area contributed by atoms with Gasteiger partial charge in [0.25, 0.3) is 0 Å². The number of sulfonamides is 1. The fourth-order valence-corrected chi connectivity index (χ4v) is 4.45. The third-order valence-corrected chi connectivity index (χ3v) is 6.45. The van der Waals surface area contributed by atoms with Gasteiger partial charge in [0.15, 0.2) is 0 Å². The first-order valence-electron chi connectivity index (χ1n) is 7.92. The van der Waals surface area contributed by atoms with Gasteiger partial charge in [0.2, 0.25) is 10.0 Å². The monoisotopic (exact) mass is 378 g/mol. The maximum Gasteiger partial charge on any atom is 0.240 e. The van der Waals surface area contributed by atoms with Crippen molar-refractivity contribution in [3.8, 4) is 0 Å². The topological polar surface area (TPSA) is 62.0 Å². The molecule has 0 amide bonds. The Bertz CT molecular complexity index is 1040. The lowest BCUT2D eigenvalue weighted by molar-refractivity contribution is 0.567. The van der Waals surface area contributed by atoms with Gasteiger partial charge in [0.05, 0.1) is 4.90 Å². The average Bonchev–Trinajstić information content (AvgIpc) is 3.26. The summed E-state index contributed by atoms with van der Waals surface area (Å²) in [6, 6.07) is 10.5. The molecular weight excluding hydrogens is 363 g/mol. The number of benzene rings is 2. The predicted octanol–water partition coefficient (Wildman–Crippen LogP) is 3.97. The predicted molar refractivity (Wildman–Crippen MR) is 95.8 cm³/mol. The summed E-state index contributed by atoms with van der Waals surface area (Å²) in [5.41, 5.74) is 1.83. The van der Waals surface area contributed by atoms with Crippen LogP contribution < -0.4 is 4.72 Å². The Labute approximate surface area is 150 Å². The van der Waals surface area contributed by atoms with Crippen LogP contribution in [0, 0.1) is 5.82 Å². The van der Waals surface area contributed by atoms with Crippen LogP contribution in [-0.4, -0.2) is 19.9 Å². The van der Waals surface area contributed by atoms with Crippen molar-refractivity contribution in [2.75, 3.05) is 6.54 Å². The van der Waals surface area contributed by atoms with E-state index in [-0.39, 0.29) is 10.3 Å². The molecule has 0 aliphatic heterocycles. The van der Waals surface area contributed by atoms with E-state index in [1.165, 1.54) is 12.1 Å². The summed E-state index contributed by atoms with van der Waals surface area (Å²) in [5.74, 6) is -0.465. The second kappa shape index (κ2) is 5.83. The number of hydrogen-bond acceptors (Lipinski definition) is 2. The Kier molecular flexibility index (Phi) is 3.86. The van der Waals surface area contributed by atoms with Crippen LogP contribution in [0.5, 0.6) is 0 Å². The number of rotatable bonds is 5. The first kappa shape index (κ1) is 16.6. The molecule has 7 heteroatoms. The van der Waals surface area contributed by atoms with Crippen molar-refractivity contribution in [3.05, 3.63) is 65.1 Å². The molecule has 0 bridgehead atoms. The molecule has 2 aromatic carbocycles. The largest absolute Gasteiger partial charge is 0.361 e. The zero-order valence-electron chi connectivity index (χ0n) is 13.2. The minimum atomic E-state index is -3.68. The van der Waals surface area contributed by atoms with E-state index in [0.29, 0.717) is 11.6 Å². The summed E-state index contributed by atoms with van der Waals surface area (Å²) in [5, 5.41) is 1.67. The van der Waals surface area contributed by atoms with Gasteiger partial charge < -0.3 is 4.98 Å². The fourth-order valence-electron chi connectivity index (χ4n) is 3.15. The van der Waals surface area contributed by atoms with Gasteiger partial charge in [-0.05, 0) is 60.9 Å². The Morgan fingerprint density at radius 3 is 2.56 bits per heavy atom. The third kappa shape index (κ3) is 3.05. The van der Waals surface area contributed by atoms with E-state index in [4.69, 9.17) is 11.6 Å². The van der Waals surface area contributed by atoms with E-state index >= 15 is 0 Å². The first-order chi connectivity index (χ1) is 11.9. The smallest absolute Gasteiger partial charge is 0.240 e. The van der Waals surface area contributed by atoms with Crippen LogP contribution in [0.2, 0.25) is 5.02 Å². The van der Waals surface area contributed by atoms with Crippen LogP contribution in [0.1, 0.15) is 18.4 Å². The van der Waals surface area contributed by atoms with Gasteiger partial charge in [0.1, 0.15) is 5.82 Å². The quantitative estimate of drug-likeness (QED) is 0.705. The van der Waals surface area contributed by atoms with E-state index in [0.717, 1.165) is 41.4 Å². The third-order valence-electron chi connectivity index (χ3n) is 4.79. The molecule has 0 atom stereocenters. The highest BCUT2D eigenvalue weighted by molar-refractivity contribution is 7.89. The van der Waals surface area contributed by atoms with Gasteiger partial charge in [-0.2, -0.15) is 0 Å². The second-order valence-corrected chi connectivity index (χ2v) is 8.65. The molecule has 0 radical (unpaired) electrons. The Hall–Kier alpha value is -1.89. The SMILES string of the molecule is O=S(=O)(NCC1(c2c[nH]c3ccc(Cl)cc23)CC1)c1ccc(F)cc1. The molecule has 4 rings (SSSR count). The van der Waals surface area contributed by atoms with Crippen molar-refractivity contribution >= 4 is 32.5 Å². The minimum absolute atomic E-state index is 0.0617. The van der Waals surface area contributed by atoms with E-state index in [1.54, 1.807) is 0 Å². The molecule has 0 unspecified atom stereocenters. The first-order valence-corrected chi connectivity index (χ1v) is 9.78.